The second-order valence-corrected chi connectivity index (χ2v) is 7.60. The predicted octanol–water partition coefficient (Wildman–Crippen LogP) is 2.89. The van der Waals surface area contributed by atoms with Crippen LogP contribution in [0.3, 0.4) is 0 Å². The molecule has 2 unspecified atom stereocenters. The van der Waals surface area contributed by atoms with Crippen LogP contribution in [0.1, 0.15) is 21.3 Å². The highest BCUT2D eigenvalue weighted by Crippen LogP contribution is 2.39. The molecule has 4 nitrogen and oxygen atoms in total. The van der Waals surface area contributed by atoms with Gasteiger partial charge in [-0.15, -0.1) is 23.1 Å². The molecule has 23 heavy (non-hydrogen) atoms. The van der Waals surface area contributed by atoms with Crippen molar-refractivity contribution in [2.45, 2.75) is 24.1 Å². The van der Waals surface area contributed by atoms with Gasteiger partial charge in [0.25, 0.3) is 0 Å². The zero-order chi connectivity index (χ0) is 16.2. The summed E-state index contributed by atoms with van der Waals surface area (Å²) >= 11 is 3.25. The second kappa shape index (κ2) is 7.19. The Labute approximate surface area is 142 Å². The number of thiophene rings is 1. The number of carbonyl (C=O) groups excluding carboxylic acids is 1. The molecule has 1 aromatic carbocycles. The van der Waals surface area contributed by atoms with Crippen LogP contribution >= 0.6 is 23.1 Å². The standard InChI is InChI=1S/C17H17NO3S2/c19-16(15-12-6-8-22-14(12)7-9-23-15)18-13(17(20)21)10-11-4-2-1-3-5-11/h1-6,8,13,15H,7,9-10H2,(H,18,19)(H,20,21). The number of amides is 1. The zero-order valence-electron chi connectivity index (χ0n) is 12.4. The molecule has 1 amide bonds. The number of fused-ring (bicyclic) bond motifs is 1. The molecule has 6 heteroatoms. The molecule has 0 bridgehead atoms. The Kier molecular flexibility index (Phi) is 5.03. The molecule has 0 saturated heterocycles. The third-order valence-electron chi connectivity index (χ3n) is 3.81. The molecular weight excluding hydrogens is 330 g/mol. The normalized spacial score (nSPS) is 18.0. The van der Waals surface area contributed by atoms with E-state index in [0.29, 0.717) is 0 Å². The smallest absolute Gasteiger partial charge is 0.326 e. The number of thioether (sulfide) groups is 1. The minimum atomic E-state index is -1.01. The minimum Gasteiger partial charge on any atom is -0.480 e. The van der Waals surface area contributed by atoms with Gasteiger partial charge in [-0.3, -0.25) is 4.79 Å². The van der Waals surface area contributed by atoms with Gasteiger partial charge in [0.1, 0.15) is 11.3 Å². The second-order valence-electron chi connectivity index (χ2n) is 5.39. The molecule has 0 radical (unpaired) electrons. The van der Waals surface area contributed by atoms with E-state index >= 15 is 0 Å². The number of nitrogens with one attached hydrogen (secondary N) is 1. The Morgan fingerprint density at radius 1 is 1.26 bits per heavy atom. The van der Waals surface area contributed by atoms with Crippen LogP contribution in [-0.2, 0) is 22.4 Å². The number of rotatable bonds is 5. The van der Waals surface area contributed by atoms with Gasteiger partial charge in [0.2, 0.25) is 5.91 Å². The number of carboxylic acids is 1. The van der Waals surface area contributed by atoms with E-state index < -0.39 is 12.0 Å². The maximum Gasteiger partial charge on any atom is 0.326 e. The van der Waals surface area contributed by atoms with Crippen molar-refractivity contribution in [1.82, 2.24) is 5.32 Å². The summed E-state index contributed by atoms with van der Waals surface area (Å²) in [6, 6.07) is 10.4. The van der Waals surface area contributed by atoms with Crippen LogP contribution in [-0.4, -0.2) is 28.8 Å². The van der Waals surface area contributed by atoms with Gasteiger partial charge in [0.15, 0.2) is 0 Å². The van der Waals surface area contributed by atoms with Crippen LogP contribution in [0.2, 0.25) is 0 Å². The quantitative estimate of drug-likeness (QED) is 0.873. The van der Waals surface area contributed by atoms with Gasteiger partial charge in [-0.25, -0.2) is 4.79 Å². The summed E-state index contributed by atoms with van der Waals surface area (Å²) in [5, 5.41) is 13.8. The highest BCUT2D eigenvalue weighted by atomic mass is 32.2. The van der Waals surface area contributed by atoms with Gasteiger partial charge in [-0.2, -0.15) is 0 Å². The largest absolute Gasteiger partial charge is 0.480 e. The maximum absolute atomic E-state index is 12.6. The molecule has 1 aliphatic heterocycles. The molecule has 0 aliphatic carbocycles. The van der Waals surface area contributed by atoms with Crippen molar-refractivity contribution in [1.29, 1.82) is 0 Å². The SMILES string of the molecule is O=C(O)C(Cc1ccccc1)NC(=O)C1SCCc2sccc21. The predicted molar refractivity (Wildman–Crippen MR) is 92.9 cm³/mol. The lowest BCUT2D eigenvalue weighted by atomic mass is 10.1. The first kappa shape index (κ1) is 16.1. The van der Waals surface area contributed by atoms with Crippen molar-refractivity contribution in [3.63, 3.8) is 0 Å². The Morgan fingerprint density at radius 3 is 2.78 bits per heavy atom. The van der Waals surface area contributed by atoms with Crippen LogP contribution in [0.5, 0.6) is 0 Å². The molecule has 2 atom stereocenters. The lowest BCUT2D eigenvalue weighted by Gasteiger charge is -2.23. The number of benzene rings is 1. The van der Waals surface area contributed by atoms with Gasteiger partial charge in [0, 0.05) is 11.3 Å². The number of aryl methyl sites for hydroxylation is 1. The van der Waals surface area contributed by atoms with Crippen molar-refractivity contribution in [3.05, 3.63) is 57.8 Å². The van der Waals surface area contributed by atoms with Gasteiger partial charge < -0.3 is 10.4 Å². The van der Waals surface area contributed by atoms with E-state index in [2.05, 4.69) is 5.32 Å². The van der Waals surface area contributed by atoms with Gasteiger partial charge in [-0.1, -0.05) is 30.3 Å². The van der Waals surface area contributed by atoms with Crippen molar-refractivity contribution in [3.8, 4) is 0 Å². The summed E-state index contributed by atoms with van der Waals surface area (Å²) in [6.07, 6.45) is 1.27. The molecular formula is C17H17NO3S2. The monoisotopic (exact) mass is 347 g/mol. The number of hydrogen-bond acceptors (Lipinski definition) is 4. The fourth-order valence-corrected chi connectivity index (χ4v) is 4.96. The van der Waals surface area contributed by atoms with Crippen LogP contribution in [0, 0.1) is 0 Å². The highest BCUT2D eigenvalue weighted by molar-refractivity contribution is 8.00. The number of aliphatic carboxylic acids is 1. The molecule has 120 valence electrons. The molecule has 1 aromatic heterocycles. The fraction of sp³-hybridized carbons (Fsp3) is 0.294. The first-order chi connectivity index (χ1) is 11.1. The average molecular weight is 347 g/mol. The van der Waals surface area contributed by atoms with Gasteiger partial charge in [0.05, 0.1) is 0 Å². The highest BCUT2D eigenvalue weighted by Gasteiger charge is 2.31. The first-order valence-corrected chi connectivity index (χ1v) is 9.33. The summed E-state index contributed by atoms with van der Waals surface area (Å²) in [6.45, 7) is 0. The first-order valence-electron chi connectivity index (χ1n) is 7.40. The molecule has 2 N–H and O–H groups in total. The minimum absolute atomic E-state index is 0.210. The van der Waals surface area contributed by atoms with Crippen LogP contribution in [0.4, 0.5) is 0 Å². The fourth-order valence-electron chi connectivity index (χ4n) is 2.66. The Balaban J connectivity index is 1.71. The van der Waals surface area contributed by atoms with E-state index in [-0.39, 0.29) is 17.6 Å². The molecule has 3 rings (SSSR count). The summed E-state index contributed by atoms with van der Waals surface area (Å²) in [5.41, 5.74) is 1.93. The lowest BCUT2D eigenvalue weighted by molar-refractivity contribution is -0.141. The molecule has 0 saturated carbocycles. The Morgan fingerprint density at radius 2 is 2.04 bits per heavy atom. The molecule has 1 aliphatic rings. The van der Waals surface area contributed by atoms with E-state index in [0.717, 1.165) is 23.3 Å². The Bertz CT molecular complexity index is 699. The summed E-state index contributed by atoms with van der Waals surface area (Å²) in [4.78, 5) is 25.3. The lowest BCUT2D eigenvalue weighted by Crippen LogP contribution is -2.44. The Hall–Kier alpha value is -1.79. The van der Waals surface area contributed by atoms with Crippen molar-refractivity contribution < 1.29 is 14.7 Å². The van der Waals surface area contributed by atoms with E-state index in [1.165, 1.54) is 4.88 Å². The van der Waals surface area contributed by atoms with E-state index in [4.69, 9.17) is 0 Å². The van der Waals surface area contributed by atoms with Gasteiger partial charge in [-0.05, 0) is 34.7 Å². The van der Waals surface area contributed by atoms with E-state index in [9.17, 15) is 14.7 Å². The maximum atomic E-state index is 12.6. The van der Waals surface area contributed by atoms with Crippen LogP contribution in [0.25, 0.3) is 0 Å². The number of carboxylic acid groups (broad SMARTS) is 1. The van der Waals surface area contributed by atoms with Crippen molar-refractivity contribution in [2.75, 3.05) is 5.75 Å². The zero-order valence-corrected chi connectivity index (χ0v) is 14.0. The third kappa shape index (κ3) is 3.76. The summed E-state index contributed by atoms with van der Waals surface area (Å²) < 4.78 is 0. The van der Waals surface area contributed by atoms with Crippen molar-refractivity contribution >= 4 is 35.0 Å². The molecule has 0 fully saturated rings. The summed E-state index contributed by atoms with van der Waals surface area (Å²) in [5.74, 6) is -0.326. The number of carbonyl (C=O) groups is 2. The van der Waals surface area contributed by atoms with E-state index in [1.807, 2.05) is 41.8 Å². The number of hydrogen-bond donors (Lipinski definition) is 2. The van der Waals surface area contributed by atoms with Crippen molar-refractivity contribution in [2.24, 2.45) is 0 Å². The summed E-state index contributed by atoms with van der Waals surface area (Å²) in [7, 11) is 0. The molecule has 2 heterocycles. The van der Waals surface area contributed by atoms with Crippen LogP contribution in [0.15, 0.2) is 41.8 Å². The molecule has 0 spiro atoms. The topological polar surface area (TPSA) is 66.4 Å². The average Bonchev–Trinajstić information content (AvgIpc) is 3.03. The van der Waals surface area contributed by atoms with E-state index in [1.54, 1.807) is 23.1 Å². The third-order valence-corrected chi connectivity index (χ3v) is 6.05. The van der Waals surface area contributed by atoms with Gasteiger partial charge >= 0.3 is 5.97 Å². The molecule has 2 aromatic rings. The van der Waals surface area contributed by atoms with Crippen LogP contribution < -0.4 is 5.32 Å².